The van der Waals surface area contributed by atoms with Gasteiger partial charge in [-0.15, -0.1) is 0 Å². The molecule has 0 aliphatic heterocycles. The maximum absolute atomic E-state index is 12.9. The molecule has 0 spiro atoms. The fourth-order valence-electron chi connectivity index (χ4n) is 2.83. The molecule has 160 valence electrons. The lowest BCUT2D eigenvalue weighted by Gasteiger charge is -2.25. The molecule has 0 fully saturated rings. The smallest absolute Gasteiger partial charge is 0.349 e. The molecule has 10 heteroatoms. The van der Waals surface area contributed by atoms with E-state index in [1.807, 2.05) is 13.0 Å². The van der Waals surface area contributed by atoms with Crippen molar-refractivity contribution in [3.63, 3.8) is 0 Å². The van der Waals surface area contributed by atoms with Crippen LogP contribution in [0.5, 0.6) is 0 Å². The molecule has 3 aromatic rings. The Hall–Kier alpha value is -2.88. The van der Waals surface area contributed by atoms with E-state index in [9.17, 15) is 26.4 Å². The molecule has 0 radical (unpaired) electrons. The molecule has 30 heavy (non-hydrogen) atoms. The third-order valence-corrected chi connectivity index (χ3v) is 7.20. The average molecular weight is 439 g/mol. The highest BCUT2D eigenvalue weighted by atomic mass is 32.2. The number of aromatic nitrogens is 2. The fraction of sp³-hybridized carbons (Fsp3) is 0.300. The minimum Gasteiger partial charge on any atom is -0.349 e. The zero-order valence-electron chi connectivity index (χ0n) is 16.5. The number of imidazole rings is 1. The lowest BCUT2D eigenvalue weighted by atomic mass is 10.2. The number of halogens is 3. The third-order valence-electron chi connectivity index (χ3n) is 4.72. The van der Waals surface area contributed by atoms with E-state index in [0.717, 1.165) is 23.8 Å². The van der Waals surface area contributed by atoms with Gasteiger partial charge < -0.3 is 9.72 Å². The van der Waals surface area contributed by atoms with Gasteiger partial charge in [0.05, 0.1) is 15.2 Å². The number of carbonyl (C=O) groups is 1. The van der Waals surface area contributed by atoms with E-state index in [2.05, 4.69) is 10.3 Å². The molecule has 1 amide bonds. The van der Waals surface area contributed by atoms with Gasteiger partial charge in [-0.2, -0.15) is 13.2 Å². The van der Waals surface area contributed by atoms with Crippen molar-refractivity contribution in [2.45, 2.75) is 36.6 Å². The van der Waals surface area contributed by atoms with Crippen LogP contribution in [0.15, 0.2) is 53.7 Å². The van der Waals surface area contributed by atoms with E-state index in [0.29, 0.717) is 11.7 Å². The molecule has 6 nitrogen and oxygen atoms in total. The van der Waals surface area contributed by atoms with Crippen molar-refractivity contribution in [2.24, 2.45) is 0 Å². The third kappa shape index (κ3) is 4.18. The number of alkyl halides is 3. The molecule has 0 atom stereocenters. The molecule has 0 aliphatic carbocycles. The van der Waals surface area contributed by atoms with Crippen LogP contribution in [0.4, 0.5) is 13.2 Å². The maximum Gasteiger partial charge on any atom is 0.416 e. The Morgan fingerprint density at radius 3 is 2.53 bits per heavy atom. The molecule has 0 aliphatic rings. The van der Waals surface area contributed by atoms with Crippen molar-refractivity contribution in [2.75, 3.05) is 6.54 Å². The van der Waals surface area contributed by atoms with E-state index in [1.54, 1.807) is 16.7 Å². The van der Waals surface area contributed by atoms with Gasteiger partial charge in [0.15, 0.2) is 9.84 Å². The number of benzene rings is 1. The lowest BCUT2D eigenvalue weighted by molar-refractivity contribution is -0.137. The Morgan fingerprint density at radius 1 is 1.17 bits per heavy atom. The van der Waals surface area contributed by atoms with Crippen molar-refractivity contribution in [3.8, 4) is 0 Å². The van der Waals surface area contributed by atoms with Crippen molar-refractivity contribution in [1.29, 1.82) is 0 Å². The highest BCUT2D eigenvalue weighted by molar-refractivity contribution is 7.92. The van der Waals surface area contributed by atoms with E-state index in [4.69, 9.17) is 0 Å². The molecule has 0 unspecified atom stereocenters. The average Bonchev–Trinajstić information content (AvgIpc) is 3.08. The molecule has 2 aromatic heterocycles. The van der Waals surface area contributed by atoms with Gasteiger partial charge in [0, 0.05) is 18.9 Å². The second-order valence-electron chi connectivity index (χ2n) is 7.57. The van der Waals surface area contributed by atoms with Crippen molar-refractivity contribution < 1.29 is 26.4 Å². The first-order valence-corrected chi connectivity index (χ1v) is 10.4. The van der Waals surface area contributed by atoms with E-state index in [1.165, 1.54) is 20.0 Å². The standard InChI is InChI=1S/C20H20F3N3O3S/c1-13-7-8-26-11-16(25-17(26)9-13)18(27)24-12-19(2,3)30(28,29)15-6-4-5-14(10-15)20(21,22)23/h4-11H,12H2,1-3H3,(H,24,27). The number of hydrogen-bond acceptors (Lipinski definition) is 4. The van der Waals surface area contributed by atoms with Gasteiger partial charge in [0.1, 0.15) is 11.3 Å². The molecule has 0 saturated carbocycles. The molecule has 1 aromatic carbocycles. The van der Waals surface area contributed by atoms with E-state index >= 15 is 0 Å². The Labute approximate surface area is 171 Å². The van der Waals surface area contributed by atoms with Gasteiger partial charge in [0.25, 0.3) is 5.91 Å². The number of pyridine rings is 1. The number of hydrogen-bond donors (Lipinski definition) is 1. The summed E-state index contributed by atoms with van der Waals surface area (Å²) in [6.45, 7) is 4.26. The molecule has 2 heterocycles. The highest BCUT2D eigenvalue weighted by Gasteiger charge is 2.38. The Bertz CT molecular complexity index is 1210. The first-order chi connectivity index (χ1) is 13.8. The van der Waals surface area contributed by atoms with Crippen LogP contribution in [0.25, 0.3) is 5.65 Å². The number of nitrogens with zero attached hydrogens (tertiary/aromatic N) is 2. The summed E-state index contributed by atoms with van der Waals surface area (Å²) >= 11 is 0. The Kier molecular flexibility index (Phi) is 5.40. The van der Waals surface area contributed by atoms with E-state index in [-0.39, 0.29) is 12.2 Å². The largest absolute Gasteiger partial charge is 0.416 e. The molecule has 0 saturated heterocycles. The van der Waals surface area contributed by atoms with Gasteiger partial charge in [-0.3, -0.25) is 4.79 Å². The number of nitrogens with one attached hydrogen (secondary N) is 1. The zero-order valence-corrected chi connectivity index (χ0v) is 17.3. The Balaban J connectivity index is 1.80. The van der Waals surface area contributed by atoms with Crippen LogP contribution < -0.4 is 5.32 Å². The molecule has 1 N–H and O–H groups in total. The summed E-state index contributed by atoms with van der Waals surface area (Å²) in [6.07, 6.45) is -1.40. The molecular weight excluding hydrogens is 419 g/mol. The van der Waals surface area contributed by atoms with Crippen molar-refractivity contribution in [1.82, 2.24) is 14.7 Å². The normalized spacial score (nSPS) is 12.9. The van der Waals surface area contributed by atoms with Crippen LogP contribution in [0.3, 0.4) is 0 Å². The fourth-order valence-corrected chi connectivity index (χ4v) is 4.27. The maximum atomic E-state index is 12.9. The van der Waals surface area contributed by atoms with Gasteiger partial charge in [0.2, 0.25) is 0 Å². The monoisotopic (exact) mass is 439 g/mol. The Morgan fingerprint density at radius 2 is 1.87 bits per heavy atom. The summed E-state index contributed by atoms with van der Waals surface area (Å²) in [7, 11) is -4.17. The predicted octanol–water partition coefficient (Wildman–Crippen LogP) is 3.64. The summed E-state index contributed by atoms with van der Waals surface area (Å²) in [5.74, 6) is -0.580. The number of amides is 1. The van der Waals surface area contributed by atoms with Crippen LogP contribution >= 0.6 is 0 Å². The quantitative estimate of drug-likeness (QED) is 0.658. The summed E-state index contributed by atoms with van der Waals surface area (Å²) in [5.41, 5.74) is 0.584. The number of carbonyl (C=O) groups excluding carboxylic acids is 1. The number of fused-ring (bicyclic) bond motifs is 1. The highest BCUT2D eigenvalue weighted by Crippen LogP contribution is 2.33. The van der Waals surface area contributed by atoms with E-state index < -0.39 is 37.1 Å². The van der Waals surface area contributed by atoms with Gasteiger partial charge in [-0.25, -0.2) is 13.4 Å². The van der Waals surface area contributed by atoms with Crippen LogP contribution in [-0.4, -0.2) is 35.0 Å². The first-order valence-electron chi connectivity index (χ1n) is 8.97. The summed E-state index contributed by atoms with van der Waals surface area (Å²) < 4.78 is 64.8. The van der Waals surface area contributed by atoms with Gasteiger partial charge >= 0.3 is 6.18 Å². The minimum atomic E-state index is -4.66. The SMILES string of the molecule is Cc1ccn2cc(C(=O)NCC(C)(C)S(=O)(=O)c3cccc(C(F)(F)F)c3)nc2c1. The molecular formula is C20H20F3N3O3S. The second-order valence-corrected chi connectivity index (χ2v) is 10.2. The zero-order chi connectivity index (χ0) is 22.3. The van der Waals surface area contributed by atoms with Crippen LogP contribution in [-0.2, 0) is 16.0 Å². The topological polar surface area (TPSA) is 80.5 Å². The molecule has 3 rings (SSSR count). The van der Waals surface area contributed by atoms with Crippen LogP contribution in [0, 0.1) is 6.92 Å². The minimum absolute atomic E-state index is 0.105. The number of rotatable bonds is 5. The van der Waals surface area contributed by atoms with Crippen LogP contribution in [0.1, 0.15) is 35.5 Å². The first kappa shape index (κ1) is 21.8. The summed E-state index contributed by atoms with van der Waals surface area (Å²) in [6, 6.07) is 7.20. The molecule has 0 bridgehead atoms. The van der Waals surface area contributed by atoms with Gasteiger partial charge in [-0.05, 0) is 56.7 Å². The number of sulfone groups is 1. The van der Waals surface area contributed by atoms with Crippen molar-refractivity contribution >= 4 is 21.4 Å². The van der Waals surface area contributed by atoms with Crippen LogP contribution in [0.2, 0.25) is 0 Å². The lowest BCUT2D eigenvalue weighted by Crippen LogP contribution is -2.44. The van der Waals surface area contributed by atoms with Crippen molar-refractivity contribution in [3.05, 3.63) is 65.6 Å². The van der Waals surface area contributed by atoms with Gasteiger partial charge in [-0.1, -0.05) is 6.07 Å². The summed E-state index contributed by atoms with van der Waals surface area (Å²) in [5, 5.41) is 2.52. The predicted molar refractivity (Wildman–Crippen MR) is 105 cm³/mol. The second kappa shape index (κ2) is 7.42. The summed E-state index contributed by atoms with van der Waals surface area (Å²) in [4.78, 5) is 16.2. The number of aryl methyl sites for hydroxylation is 1.